The van der Waals surface area contributed by atoms with Gasteiger partial charge in [-0.15, -0.1) is 11.8 Å². The number of fused-ring (bicyclic) bond motifs is 1. The van der Waals surface area contributed by atoms with Crippen LogP contribution in [-0.2, 0) is 12.8 Å². The van der Waals surface area contributed by atoms with E-state index in [9.17, 15) is 5.26 Å². The maximum atomic E-state index is 9.88. The van der Waals surface area contributed by atoms with Gasteiger partial charge in [-0.2, -0.15) is 5.26 Å². The van der Waals surface area contributed by atoms with E-state index in [-0.39, 0.29) is 0 Å². The number of nitrogens with zero attached hydrogens (tertiary/aromatic N) is 1. The zero-order valence-electron chi connectivity index (χ0n) is 14.3. The van der Waals surface area contributed by atoms with Crippen molar-refractivity contribution in [1.29, 1.82) is 5.26 Å². The summed E-state index contributed by atoms with van der Waals surface area (Å²) in [4.78, 5) is 1.12. The molecule has 0 spiro atoms. The largest absolute Gasteiger partial charge is 0.192 e. The summed E-state index contributed by atoms with van der Waals surface area (Å²) in [6.45, 7) is 0. The van der Waals surface area contributed by atoms with Crippen LogP contribution in [0.4, 0.5) is 0 Å². The molecule has 1 aliphatic rings. The molecule has 0 aromatic heterocycles. The molecule has 0 amide bonds. The molecule has 0 bridgehead atoms. The van der Waals surface area contributed by atoms with Crippen LogP contribution in [0.15, 0.2) is 65.6 Å². The lowest BCUT2D eigenvalue weighted by atomic mass is 9.86. The number of hydrogen-bond donors (Lipinski definition) is 0. The number of nitriles is 1. The minimum absolute atomic E-state index is 0.888. The summed E-state index contributed by atoms with van der Waals surface area (Å²) in [5.41, 5.74) is 8.51. The van der Waals surface area contributed by atoms with E-state index in [2.05, 4.69) is 66.9 Å². The van der Waals surface area contributed by atoms with Gasteiger partial charge in [0.05, 0.1) is 5.56 Å². The maximum Gasteiger partial charge on any atom is 0.101 e. The molecule has 0 radical (unpaired) electrons. The third-order valence-corrected chi connectivity index (χ3v) is 5.78. The molecule has 25 heavy (non-hydrogen) atoms. The Kier molecular flexibility index (Phi) is 4.34. The van der Waals surface area contributed by atoms with E-state index >= 15 is 0 Å². The third-order valence-electron chi connectivity index (χ3n) is 4.97. The van der Waals surface area contributed by atoms with Gasteiger partial charge in [0.2, 0.25) is 0 Å². The molecule has 122 valence electrons. The second-order valence-corrected chi connectivity index (χ2v) is 7.13. The molecule has 0 fully saturated rings. The highest BCUT2D eigenvalue weighted by Crippen LogP contribution is 2.47. The van der Waals surface area contributed by atoms with E-state index in [0.29, 0.717) is 0 Å². The van der Waals surface area contributed by atoms with Crippen molar-refractivity contribution in [3.8, 4) is 28.3 Å². The standard InChI is InChI=1S/C23H19NS/c1-25-23-20(15-24)18-13-8-14-19(18)21(16-9-4-2-5-10-16)22(23)17-11-6-3-7-12-17/h2-7,9-12H,8,13-14H2,1H3. The smallest absolute Gasteiger partial charge is 0.101 e. The lowest BCUT2D eigenvalue weighted by molar-refractivity contribution is 0.910. The molecule has 0 atom stereocenters. The van der Waals surface area contributed by atoms with Gasteiger partial charge < -0.3 is 0 Å². The Morgan fingerprint density at radius 3 is 1.92 bits per heavy atom. The molecule has 0 heterocycles. The van der Waals surface area contributed by atoms with Gasteiger partial charge in [0.25, 0.3) is 0 Å². The summed E-state index contributed by atoms with van der Waals surface area (Å²) in [6.07, 6.45) is 5.29. The second-order valence-electron chi connectivity index (χ2n) is 6.31. The van der Waals surface area contributed by atoms with Crippen molar-refractivity contribution in [2.24, 2.45) is 0 Å². The van der Waals surface area contributed by atoms with Gasteiger partial charge in [-0.25, -0.2) is 0 Å². The number of thioether (sulfide) groups is 1. The molecule has 1 nitrogen and oxygen atoms in total. The van der Waals surface area contributed by atoms with Crippen molar-refractivity contribution in [2.45, 2.75) is 24.2 Å². The average Bonchev–Trinajstić information content (AvgIpc) is 3.16. The fourth-order valence-electron chi connectivity index (χ4n) is 3.95. The molecular formula is C23H19NS. The highest BCUT2D eigenvalue weighted by Gasteiger charge is 2.27. The minimum atomic E-state index is 0.888. The van der Waals surface area contributed by atoms with Crippen molar-refractivity contribution in [2.75, 3.05) is 6.26 Å². The van der Waals surface area contributed by atoms with Gasteiger partial charge in [0.1, 0.15) is 6.07 Å². The molecule has 0 saturated heterocycles. The first-order chi connectivity index (χ1) is 12.3. The SMILES string of the molecule is CSc1c(C#N)c2c(c(-c3ccccc3)c1-c1ccccc1)CCC2. The summed E-state index contributed by atoms with van der Waals surface area (Å²) in [5.74, 6) is 0. The van der Waals surface area contributed by atoms with Crippen LogP contribution in [0.3, 0.4) is 0 Å². The molecule has 2 heteroatoms. The average molecular weight is 341 g/mol. The van der Waals surface area contributed by atoms with Gasteiger partial charge >= 0.3 is 0 Å². The normalized spacial score (nSPS) is 12.6. The van der Waals surface area contributed by atoms with Crippen LogP contribution in [0.2, 0.25) is 0 Å². The zero-order valence-corrected chi connectivity index (χ0v) is 15.1. The molecular weight excluding hydrogens is 322 g/mol. The Balaban J connectivity index is 2.16. The molecule has 4 rings (SSSR count). The van der Waals surface area contributed by atoms with Crippen molar-refractivity contribution in [3.05, 3.63) is 77.4 Å². The van der Waals surface area contributed by atoms with Crippen LogP contribution in [0, 0.1) is 11.3 Å². The van der Waals surface area contributed by atoms with Crippen LogP contribution in [0.5, 0.6) is 0 Å². The van der Waals surface area contributed by atoms with E-state index in [0.717, 1.165) is 29.7 Å². The Morgan fingerprint density at radius 2 is 1.36 bits per heavy atom. The quantitative estimate of drug-likeness (QED) is 0.537. The first-order valence-electron chi connectivity index (χ1n) is 8.61. The summed E-state index contributed by atoms with van der Waals surface area (Å²) in [7, 11) is 0. The molecule has 0 N–H and O–H groups in total. The first kappa shape index (κ1) is 16.0. The van der Waals surface area contributed by atoms with Crippen molar-refractivity contribution in [1.82, 2.24) is 0 Å². The van der Waals surface area contributed by atoms with Gasteiger partial charge in [0, 0.05) is 10.5 Å². The monoisotopic (exact) mass is 341 g/mol. The molecule has 0 aliphatic heterocycles. The highest BCUT2D eigenvalue weighted by molar-refractivity contribution is 7.98. The van der Waals surface area contributed by atoms with Gasteiger partial charge in [-0.3, -0.25) is 0 Å². The summed E-state index contributed by atoms with van der Waals surface area (Å²) >= 11 is 1.69. The first-order valence-corrected chi connectivity index (χ1v) is 9.84. The van der Waals surface area contributed by atoms with E-state index in [1.807, 2.05) is 6.07 Å². The summed E-state index contributed by atoms with van der Waals surface area (Å²) < 4.78 is 0. The van der Waals surface area contributed by atoms with Crippen LogP contribution in [-0.4, -0.2) is 6.26 Å². The van der Waals surface area contributed by atoms with Crippen LogP contribution in [0.25, 0.3) is 22.3 Å². The fraction of sp³-hybridized carbons (Fsp3) is 0.174. The van der Waals surface area contributed by atoms with Crippen molar-refractivity contribution < 1.29 is 0 Å². The lowest BCUT2D eigenvalue weighted by Crippen LogP contribution is -2.00. The molecule has 0 unspecified atom stereocenters. The Morgan fingerprint density at radius 1 is 0.800 bits per heavy atom. The van der Waals surface area contributed by atoms with Gasteiger partial charge in [-0.1, -0.05) is 60.7 Å². The molecule has 0 saturated carbocycles. The minimum Gasteiger partial charge on any atom is -0.192 e. The van der Waals surface area contributed by atoms with Gasteiger partial charge in [-0.05, 0) is 53.3 Å². The third kappa shape index (κ3) is 2.65. The number of hydrogen-bond acceptors (Lipinski definition) is 2. The summed E-state index contributed by atoms with van der Waals surface area (Å²) in [5, 5.41) is 9.88. The van der Waals surface area contributed by atoms with Crippen LogP contribution in [0.1, 0.15) is 23.1 Å². The maximum absolute atomic E-state index is 9.88. The van der Waals surface area contributed by atoms with Crippen LogP contribution >= 0.6 is 11.8 Å². The molecule has 1 aliphatic carbocycles. The Hall–Kier alpha value is -2.50. The highest BCUT2D eigenvalue weighted by atomic mass is 32.2. The lowest BCUT2D eigenvalue weighted by Gasteiger charge is -2.21. The van der Waals surface area contributed by atoms with Gasteiger partial charge in [0.15, 0.2) is 0 Å². The fourth-order valence-corrected chi connectivity index (χ4v) is 4.74. The summed E-state index contributed by atoms with van der Waals surface area (Å²) in [6, 6.07) is 23.7. The predicted octanol–water partition coefficient (Wildman–Crippen LogP) is 6.10. The predicted molar refractivity (Wildman–Crippen MR) is 106 cm³/mol. The van der Waals surface area contributed by atoms with E-state index in [1.165, 1.54) is 33.4 Å². The second kappa shape index (κ2) is 6.78. The van der Waals surface area contributed by atoms with E-state index in [4.69, 9.17) is 0 Å². The Labute approximate surface area is 153 Å². The van der Waals surface area contributed by atoms with Crippen LogP contribution < -0.4 is 0 Å². The van der Waals surface area contributed by atoms with Crippen molar-refractivity contribution in [3.63, 3.8) is 0 Å². The molecule has 3 aromatic carbocycles. The molecule has 3 aromatic rings. The number of rotatable bonds is 3. The topological polar surface area (TPSA) is 23.8 Å². The Bertz CT molecular complexity index is 953. The number of benzene rings is 3. The van der Waals surface area contributed by atoms with E-state index < -0.39 is 0 Å². The van der Waals surface area contributed by atoms with E-state index in [1.54, 1.807) is 11.8 Å². The zero-order chi connectivity index (χ0) is 17.2. The van der Waals surface area contributed by atoms with Crippen molar-refractivity contribution >= 4 is 11.8 Å².